The number of aromatic hydroxyl groups is 1. The normalized spacial score (nSPS) is 10.2. The fraction of sp³-hybridized carbons (Fsp3) is 0. The molecule has 0 amide bonds. The van der Waals surface area contributed by atoms with E-state index < -0.39 is 5.82 Å². The van der Waals surface area contributed by atoms with Gasteiger partial charge in [-0.1, -0.05) is 11.3 Å². The molecule has 1 aromatic carbocycles. The van der Waals surface area contributed by atoms with Crippen molar-refractivity contribution in [1.29, 1.82) is 5.26 Å². The second kappa shape index (κ2) is 2.71. The Morgan fingerprint density at radius 1 is 1.46 bits per heavy atom. The summed E-state index contributed by atoms with van der Waals surface area (Å²) < 4.78 is 13.5. The third-order valence-electron chi connectivity index (χ3n) is 1.74. The summed E-state index contributed by atoms with van der Waals surface area (Å²) in [5, 5.41) is 18.4. The van der Waals surface area contributed by atoms with E-state index in [0.717, 1.165) is 16.0 Å². The standard InChI is InChI=1S/C9H4FNOS/c10-5-1-2-8-6(3-5)7(4-11)9(12)13-8/h1-3,12H. The Bertz CT molecular complexity index is 512. The van der Waals surface area contributed by atoms with Crippen molar-refractivity contribution in [2.75, 3.05) is 0 Å². The lowest BCUT2D eigenvalue weighted by atomic mass is 10.2. The highest BCUT2D eigenvalue weighted by molar-refractivity contribution is 7.21. The molecule has 0 bridgehead atoms. The summed E-state index contributed by atoms with van der Waals surface area (Å²) in [6.45, 7) is 0. The Balaban J connectivity index is 2.91. The van der Waals surface area contributed by atoms with Crippen LogP contribution in [0, 0.1) is 17.1 Å². The van der Waals surface area contributed by atoms with Crippen LogP contribution in [0.2, 0.25) is 0 Å². The maximum atomic E-state index is 12.8. The van der Waals surface area contributed by atoms with Crippen LogP contribution in [0.1, 0.15) is 5.56 Å². The monoisotopic (exact) mass is 193 g/mol. The van der Waals surface area contributed by atoms with Crippen molar-refractivity contribution in [3.63, 3.8) is 0 Å². The maximum Gasteiger partial charge on any atom is 0.190 e. The summed E-state index contributed by atoms with van der Waals surface area (Å²) in [7, 11) is 0. The molecule has 1 N–H and O–H groups in total. The molecule has 0 fully saturated rings. The number of rotatable bonds is 0. The number of fused-ring (bicyclic) bond motifs is 1. The lowest BCUT2D eigenvalue weighted by molar-refractivity contribution is 0.490. The molecule has 4 heteroatoms. The minimum absolute atomic E-state index is 0.0527. The molecule has 2 rings (SSSR count). The van der Waals surface area contributed by atoms with Crippen LogP contribution in [0.3, 0.4) is 0 Å². The predicted octanol–water partition coefficient (Wildman–Crippen LogP) is 2.62. The molecule has 0 radical (unpaired) electrons. The third-order valence-corrected chi connectivity index (χ3v) is 2.72. The van der Waals surface area contributed by atoms with Crippen LogP contribution in [0.4, 0.5) is 4.39 Å². The predicted molar refractivity (Wildman–Crippen MR) is 48.2 cm³/mol. The highest BCUT2D eigenvalue weighted by Crippen LogP contribution is 2.36. The van der Waals surface area contributed by atoms with Crippen LogP contribution in [0.25, 0.3) is 10.1 Å². The quantitative estimate of drug-likeness (QED) is 0.698. The molecule has 0 atom stereocenters. The molecule has 2 aromatic rings. The largest absolute Gasteiger partial charge is 0.499 e. The Morgan fingerprint density at radius 3 is 2.92 bits per heavy atom. The molecular weight excluding hydrogens is 189 g/mol. The van der Waals surface area contributed by atoms with Crippen LogP contribution in [-0.2, 0) is 0 Å². The van der Waals surface area contributed by atoms with Crippen LogP contribution in [-0.4, -0.2) is 5.11 Å². The number of hydrogen-bond acceptors (Lipinski definition) is 3. The summed E-state index contributed by atoms with van der Waals surface area (Å²) in [5.74, 6) is -0.401. The number of thiophene rings is 1. The fourth-order valence-corrected chi connectivity index (χ4v) is 2.04. The second-order valence-corrected chi connectivity index (χ2v) is 3.57. The van der Waals surface area contributed by atoms with Crippen molar-refractivity contribution >= 4 is 21.4 Å². The first-order chi connectivity index (χ1) is 6.22. The van der Waals surface area contributed by atoms with Crippen molar-refractivity contribution in [2.45, 2.75) is 0 Å². The van der Waals surface area contributed by atoms with Crippen LogP contribution < -0.4 is 0 Å². The SMILES string of the molecule is N#Cc1c(O)sc2ccc(F)cc12. The molecule has 0 saturated carbocycles. The summed E-state index contributed by atoms with van der Waals surface area (Å²) in [4.78, 5) is 0. The number of hydrogen-bond donors (Lipinski definition) is 1. The molecule has 0 unspecified atom stereocenters. The lowest BCUT2D eigenvalue weighted by Crippen LogP contribution is -1.73. The number of nitriles is 1. The first-order valence-corrected chi connectivity index (χ1v) is 4.35. The summed E-state index contributed by atoms with van der Waals surface area (Å²) in [6, 6.07) is 5.95. The zero-order chi connectivity index (χ0) is 9.42. The number of benzene rings is 1. The highest BCUT2D eigenvalue weighted by Gasteiger charge is 2.10. The molecule has 0 aliphatic carbocycles. The van der Waals surface area contributed by atoms with Gasteiger partial charge < -0.3 is 5.11 Å². The van der Waals surface area contributed by atoms with E-state index in [-0.39, 0.29) is 10.6 Å². The first-order valence-electron chi connectivity index (χ1n) is 3.53. The van der Waals surface area contributed by atoms with Gasteiger partial charge in [0.15, 0.2) is 5.06 Å². The Hall–Kier alpha value is -1.60. The van der Waals surface area contributed by atoms with Gasteiger partial charge in [-0.15, -0.1) is 0 Å². The minimum Gasteiger partial charge on any atom is -0.499 e. The van der Waals surface area contributed by atoms with Gasteiger partial charge in [0.2, 0.25) is 0 Å². The fourth-order valence-electron chi connectivity index (χ4n) is 1.17. The zero-order valence-corrected chi connectivity index (χ0v) is 7.23. The van der Waals surface area contributed by atoms with Gasteiger partial charge in [-0.05, 0) is 18.2 Å². The number of nitrogens with zero attached hydrogens (tertiary/aromatic N) is 1. The van der Waals surface area contributed by atoms with E-state index in [9.17, 15) is 9.50 Å². The van der Waals surface area contributed by atoms with Gasteiger partial charge in [0.25, 0.3) is 0 Å². The molecule has 0 spiro atoms. The van der Waals surface area contributed by atoms with E-state index in [1.807, 2.05) is 6.07 Å². The van der Waals surface area contributed by atoms with E-state index in [4.69, 9.17) is 5.26 Å². The van der Waals surface area contributed by atoms with Gasteiger partial charge in [-0.2, -0.15) is 5.26 Å². The Labute approximate surface area is 77.5 Å². The molecule has 0 aliphatic heterocycles. The average Bonchev–Trinajstić information content (AvgIpc) is 2.40. The molecule has 0 aliphatic rings. The molecule has 64 valence electrons. The third kappa shape index (κ3) is 1.14. The van der Waals surface area contributed by atoms with Crippen LogP contribution in [0.15, 0.2) is 18.2 Å². The van der Waals surface area contributed by atoms with Gasteiger partial charge in [-0.25, -0.2) is 4.39 Å². The van der Waals surface area contributed by atoms with Crippen LogP contribution >= 0.6 is 11.3 Å². The summed E-state index contributed by atoms with van der Waals surface area (Å²) in [6.07, 6.45) is 0. The molecule has 1 heterocycles. The smallest absolute Gasteiger partial charge is 0.190 e. The zero-order valence-electron chi connectivity index (χ0n) is 6.41. The number of halogens is 1. The van der Waals surface area contributed by atoms with Gasteiger partial charge in [0.1, 0.15) is 17.4 Å². The topological polar surface area (TPSA) is 44.0 Å². The van der Waals surface area contributed by atoms with E-state index in [1.54, 1.807) is 6.07 Å². The van der Waals surface area contributed by atoms with E-state index in [1.165, 1.54) is 12.1 Å². The summed E-state index contributed by atoms with van der Waals surface area (Å²) in [5.41, 5.74) is 0.152. The minimum atomic E-state index is -0.401. The van der Waals surface area contributed by atoms with Crippen LogP contribution in [0.5, 0.6) is 5.06 Å². The molecule has 0 saturated heterocycles. The van der Waals surface area contributed by atoms with Crippen molar-refractivity contribution in [3.8, 4) is 11.1 Å². The van der Waals surface area contributed by atoms with E-state index >= 15 is 0 Å². The first kappa shape index (κ1) is 8.02. The molecular formula is C9H4FNOS. The van der Waals surface area contributed by atoms with Gasteiger partial charge in [0.05, 0.1) is 0 Å². The van der Waals surface area contributed by atoms with Gasteiger partial charge in [-0.3, -0.25) is 0 Å². The lowest BCUT2D eigenvalue weighted by Gasteiger charge is -1.88. The Kier molecular flexibility index (Phi) is 1.67. The van der Waals surface area contributed by atoms with E-state index in [2.05, 4.69) is 0 Å². The second-order valence-electron chi connectivity index (χ2n) is 2.53. The summed E-state index contributed by atoms with van der Waals surface area (Å²) >= 11 is 1.08. The Morgan fingerprint density at radius 2 is 2.23 bits per heavy atom. The van der Waals surface area contributed by atoms with E-state index in [0.29, 0.717) is 5.39 Å². The van der Waals surface area contributed by atoms with Gasteiger partial charge >= 0.3 is 0 Å². The average molecular weight is 193 g/mol. The maximum absolute atomic E-state index is 12.8. The van der Waals surface area contributed by atoms with Crippen molar-refractivity contribution in [3.05, 3.63) is 29.6 Å². The van der Waals surface area contributed by atoms with Crippen molar-refractivity contribution in [2.24, 2.45) is 0 Å². The van der Waals surface area contributed by atoms with Crippen molar-refractivity contribution < 1.29 is 9.50 Å². The molecule has 1 aromatic heterocycles. The highest BCUT2D eigenvalue weighted by atomic mass is 32.1. The molecule has 2 nitrogen and oxygen atoms in total. The molecule has 13 heavy (non-hydrogen) atoms. The van der Waals surface area contributed by atoms with Gasteiger partial charge in [0, 0.05) is 10.1 Å². The van der Waals surface area contributed by atoms with Crippen molar-refractivity contribution in [1.82, 2.24) is 0 Å².